The predicted octanol–water partition coefficient (Wildman–Crippen LogP) is 5.91. The van der Waals surface area contributed by atoms with E-state index >= 15 is 0 Å². The maximum atomic E-state index is 2.50. The van der Waals surface area contributed by atoms with Crippen LogP contribution in [-0.4, -0.2) is 0 Å². The second-order valence-corrected chi connectivity index (χ2v) is 9.17. The Morgan fingerprint density at radius 3 is 1.30 bits per heavy atom. The van der Waals surface area contributed by atoms with Crippen LogP contribution in [-0.2, 0) is 0 Å². The first-order chi connectivity index (χ1) is 9.72. The van der Waals surface area contributed by atoms with E-state index in [0.29, 0.717) is 0 Å². The molecule has 8 unspecified atom stereocenters. The van der Waals surface area contributed by atoms with Crippen molar-refractivity contribution in [3.63, 3.8) is 0 Å². The molecule has 0 N–H and O–H groups in total. The maximum Gasteiger partial charge on any atom is -0.0352 e. The lowest BCUT2D eigenvalue weighted by Gasteiger charge is -2.55. The highest BCUT2D eigenvalue weighted by molar-refractivity contribution is 4.98. The van der Waals surface area contributed by atoms with E-state index in [1.807, 2.05) is 0 Å². The van der Waals surface area contributed by atoms with Crippen molar-refractivity contribution in [3.8, 4) is 0 Å². The zero-order valence-electron chi connectivity index (χ0n) is 13.7. The lowest BCUT2D eigenvalue weighted by Crippen LogP contribution is -2.46. The molecule has 0 spiro atoms. The molecule has 0 radical (unpaired) electrons. The van der Waals surface area contributed by atoms with Crippen LogP contribution in [0.3, 0.4) is 0 Å². The van der Waals surface area contributed by atoms with Gasteiger partial charge in [-0.3, -0.25) is 0 Å². The van der Waals surface area contributed by atoms with Gasteiger partial charge in [-0.25, -0.2) is 0 Å². The summed E-state index contributed by atoms with van der Waals surface area (Å²) in [6, 6.07) is 0. The molecule has 0 amide bonds. The first-order valence-electron chi connectivity index (χ1n) is 9.72. The van der Waals surface area contributed by atoms with Gasteiger partial charge in [0.25, 0.3) is 0 Å². The quantitative estimate of drug-likeness (QED) is 0.515. The molecule has 4 aliphatic carbocycles. The highest BCUT2D eigenvalue weighted by Gasteiger charge is 2.48. The third-order valence-corrected chi connectivity index (χ3v) is 8.00. The standard InChI is InChI=1S/C20H34/c1-13-3-7-17-15(11-13)5-9-20-18-8-4-14(2)12-16(18)6-10-19(17)20/h13-20H,3-12H2,1-2H3. The Balaban J connectivity index is 1.50. The monoisotopic (exact) mass is 274 g/mol. The van der Waals surface area contributed by atoms with Crippen LogP contribution in [0.4, 0.5) is 0 Å². The van der Waals surface area contributed by atoms with Gasteiger partial charge >= 0.3 is 0 Å². The summed E-state index contributed by atoms with van der Waals surface area (Å²) in [7, 11) is 0. The van der Waals surface area contributed by atoms with Crippen molar-refractivity contribution >= 4 is 0 Å². The van der Waals surface area contributed by atoms with Crippen LogP contribution >= 0.6 is 0 Å². The smallest absolute Gasteiger partial charge is 0.0352 e. The summed E-state index contributed by atoms with van der Waals surface area (Å²) < 4.78 is 0. The summed E-state index contributed by atoms with van der Waals surface area (Å²) in [4.78, 5) is 0. The molecule has 20 heavy (non-hydrogen) atoms. The maximum absolute atomic E-state index is 2.50. The van der Waals surface area contributed by atoms with Crippen molar-refractivity contribution in [1.82, 2.24) is 0 Å². The van der Waals surface area contributed by atoms with Gasteiger partial charge in [-0.1, -0.05) is 26.7 Å². The van der Waals surface area contributed by atoms with Gasteiger partial charge in [0.05, 0.1) is 0 Å². The van der Waals surface area contributed by atoms with Gasteiger partial charge in [0.15, 0.2) is 0 Å². The van der Waals surface area contributed by atoms with E-state index in [1.165, 1.54) is 12.8 Å². The van der Waals surface area contributed by atoms with E-state index in [-0.39, 0.29) is 0 Å². The average molecular weight is 274 g/mol. The van der Waals surface area contributed by atoms with Crippen molar-refractivity contribution < 1.29 is 0 Å². The zero-order chi connectivity index (χ0) is 13.7. The fourth-order valence-corrected chi connectivity index (χ4v) is 7.14. The summed E-state index contributed by atoms with van der Waals surface area (Å²) in [6.45, 7) is 5.00. The van der Waals surface area contributed by atoms with Crippen LogP contribution in [0.1, 0.15) is 78.1 Å². The Bertz CT molecular complexity index is 312. The molecule has 4 aliphatic rings. The van der Waals surface area contributed by atoms with Crippen LogP contribution in [0.25, 0.3) is 0 Å². The zero-order valence-corrected chi connectivity index (χ0v) is 13.7. The molecule has 0 bridgehead atoms. The summed E-state index contributed by atoms with van der Waals surface area (Å²) in [6.07, 6.45) is 15.8. The minimum Gasteiger partial charge on any atom is -0.0625 e. The molecule has 0 heterocycles. The fourth-order valence-electron chi connectivity index (χ4n) is 7.14. The van der Waals surface area contributed by atoms with Crippen molar-refractivity contribution in [2.45, 2.75) is 78.1 Å². The Kier molecular flexibility index (Phi) is 3.63. The molecular weight excluding hydrogens is 240 g/mol. The second-order valence-electron chi connectivity index (χ2n) is 9.17. The van der Waals surface area contributed by atoms with Gasteiger partial charge in [-0.05, 0) is 98.7 Å². The van der Waals surface area contributed by atoms with Crippen molar-refractivity contribution in [1.29, 1.82) is 0 Å². The van der Waals surface area contributed by atoms with Crippen LogP contribution in [0.2, 0.25) is 0 Å². The van der Waals surface area contributed by atoms with Gasteiger partial charge in [0.1, 0.15) is 0 Å². The minimum absolute atomic E-state index is 1.03. The van der Waals surface area contributed by atoms with Crippen LogP contribution in [0.15, 0.2) is 0 Å². The highest BCUT2D eigenvalue weighted by atomic mass is 14.5. The molecule has 0 aromatic carbocycles. The molecule has 0 aliphatic heterocycles. The van der Waals surface area contributed by atoms with E-state index in [2.05, 4.69) is 13.8 Å². The Hall–Kier alpha value is 0. The Labute approximate surface area is 126 Å². The van der Waals surface area contributed by atoms with E-state index in [0.717, 1.165) is 47.3 Å². The van der Waals surface area contributed by atoms with Gasteiger partial charge in [-0.15, -0.1) is 0 Å². The first kappa shape index (κ1) is 13.6. The molecule has 0 nitrogen and oxygen atoms in total. The van der Waals surface area contributed by atoms with Crippen molar-refractivity contribution in [3.05, 3.63) is 0 Å². The SMILES string of the molecule is CC1CCC2C(CCC3C4CCC(C)CC4CCC23)C1. The summed E-state index contributed by atoms with van der Waals surface area (Å²) in [5.74, 6) is 8.89. The molecule has 4 saturated carbocycles. The van der Waals surface area contributed by atoms with Crippen molar-refractivity contribution in [2.24, 2.45) is 47.3 Å². The van der Waals surface area contributed by atoms with Gasteiger partial charge in [0, 0.05) is 0 Å². The van der Waals surface area contributed by atoms with Gasteiger partial charge in [0.2, 0.25) is 0 Å². The molecule has 114 valence electrons. The largest absolute Gasteiger partial charge is 0.0625 e. The molecule has 0 saturated heterocycles. The third kappa shape index (κ3) is 2.26. The number of hydrogen-bond acceptors (Lipinski definition) is 0. The fraction of sp³-hybridized carbons (Fsp3) is 1.00. The van der Waals surface area contributed by atoms with E-state index in [9.17, 15) is 0 Å². The van der Waals surface area contributed by atoms with Gasteiger partial charge in [-0.2, -0.15) is 0 Å². The molecule has 0 heteroatoms. The van der Waals surface area contributed by atoms with E-state index < -0.39 is 0 Å². The summed E-state index contributed by atoms with van der Waals surface area (Å²) >= 11 is 0. The van der Waals surface area contributed by atoms with E-state index in [4.69, 9.17) is 0 Å². The van der Waals surface area contributed by atoms with Gasteiger partial charge < -0.3 is 0 Å². The lowest BCUT2D eigenvalue weighted by atomic mass is 9.50. The van der Waals surface area contributed by atoms with E-state index in [1.54, 1.807) is 51.4 Å². The molecule has 0 aromatic rings. The Morgan fingerprint density at radius 1 is 0.450 bits per heavy atom. The Morgan fingerprint density at radius 2 is 0.850 bits per heavy atom. The third-order valence-electron chi connectivity index (χ3n) is 8.00. The number of hydrogen-bond donors (Lipinski definition) is 0. The normalized spacial score (nSPS) is 55.5. The summed E-state index contributed by atoms with van der Waals surface area (Å²) in [5.41, 5.74) is 0. The minimum atomic E-state index is 1.03. The molecule has 8 atom stereocenters. The number of fused-ring (bicyclic) bond motifs is 5. The van der Waals surface area contributed by atoms with Crippen LogP contribution in [0.5, 0.6) is 0 Å². The van der Waals surface area contributed by atoms with Crippen LogP contribution in [0, 0.1) is 47.3 Å². The molecule has 0 aromatic heterocycles. The number of rotatable bonds is 0. The molecule has 4 fully saturated rings. The first-order valence-corrected chi connectivity index (χ1v) is 9.72. The predicted molar refractivity (Wildman–Crippen MR) is 85.4 cm³/mol. The van der Waals surface area contributed by atoms with Crippen molar-refractivity contribution in [2.75, 3.05) is 0 Å². The average Bonchev–Trinajstić information content (AvgIpc) is 2.45. The second kappa shape index (κ2) is 5.33. The van der Waals surface area contributed by atoms with Crippen LogP contribution < -0.4 is 0 Å². The lowest BCUT2D eigenvalue weighted by molar-refractivity contribution is -0.0533. The molecule has 4 rings (SSSR count). The molecular formula is C20H34. The topological polar surface area (TPSA) is 0 Å². The highest BCUT2D eigenvalue weighted by Crippen LogP contribution is 2.58. The summed E-state index contributed by atoms with van der Waals surface area (Å²) in [5, 5.41) is 0.